The first-order chi connectivity index (χ1) is 5.72. The van der Waals surface area contributed by atoms with Crippen molar-refractivity contribution >= 4 is 5.97 Å². The molecule has 70 valence electrons. The maximum Gasteiger partial charge on any atom is 0.306 e. The molecule has 1 unspecified atom stereocenters. The Labute approximate surface area is 74.3 Å². The van der Waals surface area contributed by atoms with Crippen LogP contribution in [0, 0.1) is 5.92 Å². The number of aliphatic carboxylic acids is 1. The third kappa shape index (κ3) is 4.94. The lowest BCUT2D eigenvalue weighted by Gasteiger charge is -2.09. The van der Waals surface area contributed by atoms with Gasteiger partial charge in [-0.3, -0.25) is 4.79 Å². The van der Waals surface area contributed by atoms with Gasteiger partial charge in [0.1, 0.15) is 0 Å². The van der Waals surface area contributed by atoms with Crippen LogP contribution < -0.4 is 0 Å². The van der Waals surface area contributed by atoms with Crippen LogP contribution in [0.4, 0.5) is 0 Å². The molecule has 0 aromatic carbocycles. The Morgan fingerprint density at radius 2 is 2.25 bits per heavy atom. The van der Waals surface area contributed by atoms with E-state index in [-0.39, 0.29) is 5.92 Å². The molecule has 0 fully saturated rings. The van der Waals surface area contributed by atoms with Gasteiger partial charge < -0.3 is 5.11 Å². The molecule has 0 radical (unpaired) electrons. The number of hydrogen-bond donors (Lipinski definition) is 1. The molecule has 2 heteroatoms. The van der Waals surface area contributed by atoms with Crippen LogP contribution in [0.15, 0.2) is 12.7 Å². The SMILES string of the molecule is C=CCCC(CCCC)C(=O)O. The molecule has 0 bridgehead atoms. The van der Waals surface area contributed by atoms with Gasteiger partial charge in [0.2, 0.25) is 0 Å². The van der Waals surface area contributed by atoms with E-state index in [1.807, 2.05) is 0 Å². The second-order valence-electron chi connectivity index (χ2n) is 3.04. The summed E-state index contributed by atoms with van der Waals surface area (Å²) in [5.74, 6) is -0.826. The van der Waals surface area contributed by atoms with E-state index >= 15 is 0 Å². The smallest absolute Gasteiger partial charge is 0.306 e. The molecule has 12 heavy (non-hydrogen) atoms. The van der Waals surface area contributed by atoms with Crippen molar-refractivity contribution in [3.63, 3.8) is 0 Å². The van der Waals surface area contributed by atoms with Crippen molar-refractivity contribution in [2.75, 3.05) is 0 Å². The molecular formula is C10H18O2. The number of unbranched alkanes of at least 4 members (excludes halogenated alkanes) is 1. The quantitative estimate of drug-likeness (QED) is 0.596. The fourth-order valence-electron chi connectivity index (χ4n) is 1.16. The van der Waals surface area contributed by atoms with E-state index < -0.39 is 5.97 Å². The molecule has 0 saturated heterocycles. The standard InChI is InChI=1S/C10H18O2/c1-3-5-7-9(10(11)12)8-6-4-2/h3,9H,1,4-8H2,2H3,(H,11,12). The van der Waals surface area contributed by atoms with Gasteiger partial charge in [-0.15, -0.1) is 6.58 Å². The summed E-state index contributed by atoms with van der Waals surface area (Å²) < 4.78 is 0. The molecule has 0 amide bonds. The first kappa shape index (κ1) is 11.2. The molecule has 0 rings (SSSR count). The number of hydrogen-bond acceptors (Lipinski definition) is 1. The molecule has 1 atom stereocenters. The number of carbonyl (C=O) groups is 1. The number of carboxylic acid groups (broad SMARTS) is 1. The maximum absolute atomic E-state index is 10.7. The molecule has 0 saturated carbocycles. The highest BCUT2D eigenvalue weighted by atomic mass is 16.4. The van der Waals surface area contributed by atoms with Crippen molar-refractivity contribution in [1.29, 1.82) is 0 Å². The van der Waals surface area contributed by atoms with E-state index in [0.29, 0.717) is 0 Å². The number of rotatable bonds is 7. The van der Waals surface area contributed by atoms with Gasteiger partial charge in [-0.1, -0.05) is 25.8 Å². The molecule has 0 aliphatic rings. The van der Waals surface area contributed by atoms with Crippen LogP contribution in [0.25, 0.3) is 0 Å². The Morgan fingerprint density at radius 3 is 2.67 bits per heavy atom. The summed E-state index contributed by atoms with van der Waals surface area (Å²) in [5, 5.41) is 8.79. The maximum atomic E-state index is 10.7. The minimum Gasteiger partial charge on any atom is -0.481 e. The van der Waals surface area contributed by atoms with E-state index in [0.717, 1.165) is 32.1 Å². The van der Waals surface area contributed by atoms with E-state index in [2.05, 4.69) is 13.5 Å². The highest BCUT2D eigenvalue weighted by Crippen LogP contribution is 2.15. The molecule has 0 spiro atoms. The van der Waals surface area contributed by atoms with E-state index in [9.17, 15) is 4.79 Å². The Kier molecular flexibility index (Phi) is 6.44. The Morgan fingerprint density at radius 1 is 1.58 bits per heavy atom. The van der Waals surface area contributed by atoms with E-state index in [1.165, 1.54) is 0 Å². The van der Waals surface area contributed by atoms with E-state index in [1.54, 1.807) is 6.08 Å². The van der Waals surface area contributed by atoms with Crippen LogP contribution in [0.5, 0.6) is 0 Å². The van der Waals surface area contributed by atoms with Gasteiger partial charge in [0.25, 0.3) is 0 Å². The first-order valence-electron chi connectivity index (χ1n) is 4.56. The lowest BCUT2D eigenvalue weighted by atomic mass is 9.97. The summed E-state index contributed by atoms with van der Waals surface area (Å²) in [4.78, 5) is 10.7. The van der Waals surface area contributed by atoms with Crippen molar-refractivity contribution < 1.29 is 9.90 Å². The van der Waals surface area contributed by atoms with Gasteiger partial charge in [0, 0.05) is 0 Å². The van der Waals surface area contributed by atoms with E-state index in [4.69, 9.17) is 5.11 Å². The second-order valence-corrected chi connectivity index (χ2v) is 3.04. The van der Waals surface area contributed by atoms with Gasteiger partial charge in [-0.25, -0.2) is 0 Å². The first-order valence-corrected chi connectivity index (χ1v) is 4.56. The zero-order valence-electron chi connectivity index (χ0n) is 7.75. The number of allylic oxidation sites excluding steroid dienone is 1. The lowest BCUT2D eigenvalue weighted by Crippen LogP contribution is -2.13. The zero-order chi connectivity index (χ0) is 9.40. The fourth-order valence-corrected chi connectivity index (χ4v) is 1.16. The molecule has 0 aliphatic carbocycles. The highest BCUT2D eigenvalue weighted by molar-refractivity contribution is 5.69. The Hall–Kier alpha value is -0.790. The van der Waals surface area contributed by atoms with Crippen LogP contribution in [0.3, 0.4) is 0 Å². The van der Waals surface area contributed by atoms with Gasteiger partial charge in [-0.2, -0.15) is 0 Å². The Balaban J connectivity index is 3.69. The monoisotopic (exact) mass is 170 g/mol. The molecule has 2 nitrogen and oxygen atoms in total. The third-order valence-electron chi connectivity index (χ3n) is 1.97. The van der Waals surface area contributed by atoms with Gasteiger partial charge in [0.05, 0.1) is 5.92 Å². The number of carboxylic acids is 1. The molecular weight excluding hydrogens is 152 g/mol. The van der Waals surface area contributed by atoms with Gasteiger partial charge in [0.15, 0.2) is 0 Å². The summed E-state index contributed by atoms with van der Waals surface area (Å²) in [5.41, 5.74) is 0. The summed E-state index contributed by atoms with van der Waals surface area (Å²) in [6.07, 6.45) is 6.20. The molecule has 0 heterocycles. The lowest BCUT2D eigenvalue weighted by molar-refractivity contribution is -0.142. The van der Waals surface area contributed by atoms with Crippen LogP contribution >= 0.6 is 0 Å². The summed E-state index contributed by atoms with van der Waals surface area (Å²) >= 11 is 0. The summed E-state index contributed by atoms with van der Waals surface area (Å²) in [7, 11) is 0. The van der Waals surface area contributed by atoms with Crippen LogP contribution in [-0.2, 0) is 4.79 Å². The normalized spacial score (nSPS) is 12.4. The van der Waals surface area contributed by atoms with Crippen molar-refractivity contribution in [1.82, 2.24) is 0 Å². The van der Waals surface area contributed by atoms with Crippen LogP contribution in [-0.4, -0.2) is 11.1 Å². The van der Waals surface area contributed by atoms with Crippen molar-refractivity contribution in [3.05, 3.63) is 12.7 Å². The van der Waals surface area contributed by atoms with Gasteiger partial charge in [-0.05, 0) is 19.3 Å². The third-order valence-corrected chi connectivity index (χ3v) is 1.97. The largest absolute Gasteiger partial charge is 0.481 e. The minimum absolute atomic E-state index is 0.164. The minimum atomic E-state index is -0.662. The molecule has 1 N–H and O–H groups in total. The van der Waals surface area contributed by atoms with Crippen molar-refractivity contribution in [2.24, 2.45) is 5.92 Å². The Bertz CT molecular complexity index is 141. The van der Waals surface area contributed by atoms with Crippen LogP contribution in [0.1, 0.15) is 39.0 Å². The average molecular weight is 170 g/mol. The fraction of sp³-hybridized carbons (Fsp3) is 0.700. The van der Waals surface area contributed by atoms with Crippen LogP contribution in [0.2, 0.25) is 0 Å². The predicted octanol–water partition coefficient (Wildman–Crippen LogP) is 2.84. The zero-order valence-corrected chi connectivity index (χ0v) is 7.75. The van der Waals surface area contributed by atoms with Gasteiger partial charge >= 0.3 is 5.97 Å². The second kappa shape index (κ2) is 6.89. The molecule has 0 aliphatic heterocycles. The molecule has 0 aromatic rings. The highest BCUT2D eigenvalue weighted by Gasteiger charge is 2.14. The van der Waals surface area contributed by atoms with Crippen molar-refractivity contribution in [2.45, 2.75) is 39.0 Å². The summed E-state index contributed by atoms with van der Waals surface area (Å²) in [6.45, 7) is 5.66. The molecule has 0 aromatic heterocycles. The van der Waals surface area contributed by atoms with Crippen molar-refractivity contribution in [3.8, 4) is 0 Å². The summed E-state index contributed by atoms with van der Waals surface area (Å²) in [6, 6.07) is 0. The topological polar surface area (TPSA) is 37.3 Å². The average Bonchev–Trinajstić information content (AvgIpc) is 2.04. The predicted molar refractivity (Wildman–Crippen MR) is 50.1 cm³/mol.